The van der Waals surface area contributed by atoms with Crippen LogP contribution in [0.4, 0.5) is 0 Å². The van der Waals surface area contributed by atoms with E-state index < -0.39 is 10.0 Å². The van der Waals surface area contributed by atoms with Gasteiger partial charge >= 0.3 is 0 Å². The molecule has 2 rings (SSSR count). The molecule has 0 saturated carbocycles. The van der Waals surface area contributed by atoms with Crippen LogP contribution in [0.3, 0.4) is 0 Å². The zero-order chi connectivity index (χ0) is 14.9. The molecule has 0 aliphatic heterocycles. The summed E-state index contributed by atoms with van der Waals surface area (Å²) in [7, 11) is -3.54. The van der Waals surface area contributed by atoms with Crippen LogP contribution >= 0.6 is 0 Å². The number of benzene rings is 1. The predicted molar refractivity (Wildman–Crippen MR) is 78.5 cm³/mol. The van der Waals surface area contributed by atoms with Crippen LogP contribution in [0.1, 0.15) is 25.2 Å². The summed E-state index contributed by atoms with van der Waals surface area (Å²) >= 11 is 0. The Morgan fingerprint density at radius 1 is 1.15 bits per heavy atom. The molecule has 20 heavy (non-hydrogen) atoms. The van der Waals surface area contributed by atoms with Crippen LogP contribution in [0.15, 0.2) is 35.2 Å². The molecule has 0 fully saturated rings. The van der Waals surface area contributed by atoms with Gasteiger partial charge in [-0.2, -0.15) is 5.10 Å². The molecule has 108 valence electrons. The van der Waals surface area contributed by atoms with Gasteiger partial charge in [0.05, 0.1) is 17.1 Å². The summed E-state index contributed by atoms with van der Waals surface area (Å²) in [5.41, 5.74) is 1.96. The Morgan fingerprint density at radius 2 is 1.75 bits per heavy atom. The molecule has 0 atom stereocenters. The minimum absolute atomic E-state index is 0.154. The van der Waals surface area contributed by atoms with Crippen LogP contribution in [-0.2, 0) is 10.0 Å². The third-order valence-corrected chi connectivity index (χ3v) is 4.80. The summed E-state index contributed by atoms with van der Waals surface area (Å²) in [5, 5.41) is 4.35. The SMILES string of the molecule is Cc1nn(-c2ccccc2)c(C)c1S(=O)(=O)NC(C)C. The Labute approximate surface area is 119 Å². The van der Waals surface area contributed by atoms with Crippen LogP contribution in [0, 0.1) is 13.8 Å². The molecule has 6 heteroatoms. The molecular formula is C14H19N3O2S. The number of sulfonamides is 1. The average Bonchev–Trinajstić information content (AvgIpc) is 2.65. The van der Waals surface area contributed by atoms with E-state index in [0.717, 1.165) is 5.69 Å². The van der Waals surface area contributed by atoms with E-state index in [1.54, 1.807) is 32.4 Å². The van der Waals surface area contributed by atoms with Crippen molar-refractivity contribution in [3.8, 4) is 5.69 Å². The summed E-state index contributed by atoms with van der Waals surface area (Å²) in [4.78, 5) is 0.259. The Morgan fingerprint density at radius 3 is 2.30 bits per heavy atom. The van der Waals surface area contributed by atoms with Crippen LogP contribution in [0.2, 0.25) is 0 Å². The molecule has 2 aromatic rings. The first kappa shape index (κ1) is 14.7. The Hall–Kier alpha value is -1.66. The van der Waals surface area contributed by atoms with Gasteiger partial charge < -0.3 is 0 Å². The summed E-state index contributed by atoms with van der Waals surface area (Å²) in [6.45, 7) is 7.07. The van der Waals surface area contributed by atoms with Gasteiger partial charge in [0.25, 0.3) is 0 Å². The lowest BCUT2D eigenvalue weighted by molar-refractivity contribution is 0.568. The standard InChI is InChI=1S/C14H19N3O2S/c1-10(2)16-20(18,19)14-11(3)15-17(12(14)4)13-8-6-5-7-9-13/h5-10,16H,1-4H3. The van der Waals surface area contributed by atoms with E-state index >= 15 is 0 Å². The summed E-state index contributed by atoms with van der Waals surface area (Å²) in [5.74, 6) is 0. The molecular weight excluding hydrogens is 274 g/mol. The van der Waals surface area contributed by atoms with Crippen molar-refractivity contribution < 1.29 is 8.42 Å². The molecule has 0 aliphatic carbocycles. The van der Waals surface area contributed by atoms with E-state index in [4.69, 9.17) is 0 Å². The average molecular weight is 293 g/mol. The number of para-hydroxylation sites is 1. The van der Waals surface area contributed by atoms with E-state index in [1.165, 1.54) is 0 Å². The third-order valence-electron chi connectivity index (χ3n) is 2.89. The molecule has 1 aromatic heterocycles. The first-order chi connectivity index (χ1) is 9.33. The number of nitrogens with one attached hydrogen (secondary N) is 1. The molecule has 0 bridgehead atoms. The van der Waals surface area contributed by atoms with E-state index in [1.807, 2.05) is 30.3 Å². The molecule has 5 nitrogen and oxygen atoms in total. The normalized spacial score (nSPS) is 12.1. The number of hydrogen-bond donors (Lipinski definition) is 1. The number of aromatic nitrogens is 2. The van der Waals surface area contributed by atoms with Crippen molar-refractivity contribution in [2.24, 2.45) is 0 Å². The maximum atomic E-state index is 12.4. The number of nitrogens with zero attached hydrogens (tertiary/aromatic N) is 2. The van der Waals surface area contributed by atoms with E-state index in [0.29, 0.717) is 11.4 Å². The minimum Gasteiger partial charge on any atom is -0.236 e. The van der Waals surface area contributed by atoms with Crippen LogP contribution in [-0.4, -0.2) is 24.2 Å². The van der Waals surface area contributed by atoms with Crippen molar-refractivity contribution in [1.82, 2.24) is 14.5 Å². The van der Waals surface area contributed by atoms with Gasteiger partial charge in [0, 0.05) is 6.04 Å². The van der Waals surface area contributed by atoms with Gasteiger partial charge in [-0.15, -0.1) is 0 Å². The van der Waals surface area contributed by atoms with Gasteiger partial charge in [-0.3, -0.25) is 0 Å². The molecule has 0 aliphatic rings. The molecule has 0 saturated heterocycles. The summed E-state index contributed by atoms with van der Waals surface area (Å²) < 4.78 is 29.0. The van der Waals surface area contributed by atoms with Crippen molar-refractivity contribution in [3.63, 3.8) is 0 Å². The lowest BCUT2D eigenvalue weighted by atomic mass is 10.3. The zero-order valence-electron chi connectivity index (χ0n) is 12.1. The van der Waals surface area contributed by atoms with E-state index in [-0.39, 0.29) is 10.9 Å². The van der Waals surface area contributed by atoms with Crippen LogP contribution in [0.25, 0.3) is 5.69 Å². The van der Waals surface area contributed by atoms with Crippen molar-refractivity contribution >= 4 is 10.0 Å². The van der Waals surface area contributed by atoms with Gasteiger partial charge in [-0.25, -0.2) is 17.8 Å². The van der Waals surface area contributed by atoms with Crippen LogP contribution in [0.5, 0.6) is 0 Å². The second-order valence-corrected chi connectivity index (χ2v) is 6.67. The lowest BCUT2D eigenvalue weighted by Gasteiger charge is -2.10. The maximum absolute atomic E-state index is 12.4. The quantitative estimate of drug-likeness (QED) is 0.939. The topological polar surface area (TPSA) is 64.0 Å². The number of aryl methyl sites for hydroxylation is 1. The maximum Gasteiger partial charge on any atom is 0.244 e. The lowest BCUT2D eigenvalue weighted by Crippen LogP contribution is -2.31. The fourth-order valence-corrected chi connectivity index (χ4v) is 3.85. The second kappa shape index (κ2) is 5.38. The Bertz CT molecular complexity index is 704. The number of hydrogen-bond acceptors (Lipinski definition) is 3. The predicted octanol–water partition coefficient (Wildman–Crippen LogP) is 2.18. The van der Waals surface area contributed by atoms with Crippen LogP contribution < -0.4 is 4.72 Å². The van der Waals surface area contributed by atoms with Crippen molar-refractivity contribution in [2.75, 3.05) is 0 Å². The number of rotatable bonds is 4. The first-order valence-corrected chi connectivity index (χ1v) is 7.95. The van der Waals surface area contributed by atoms with Gasteiger partial charge in [0.15, 0.2) is 0 Å². The molecule has 1 aromatic carbocycles. The minimum atomic E-state index is -3.54. The fourth-order valence-electron chi connectivity index (χ4n) is 2.21. The summed E-state index contributed by atoms with van der Waals surface area (Å²) in [6.07, 6.45) is 0. The van der Waals surface area contributed by atoms with Gasteiger partial charge in [0.1, 0.15) is 4.90 Å². The Balaban J connectivity index is 2.56. The van der Waals surface area contributed by atoms with Crippen molar-refractivity contribution in [3.05, 3.63) is 41.7 Å². The smallest absolute Gasteiger partial charge is 0.236 e. The van der Waals surface area contributed by atoms with Crippen molar-refractivity contribution in [2.45, 2.75) is 38.6 Å². The molecule has 0 radical (unpaired) electrons. The fraction of sp³-hybridized carbons (Fsp3) is 0.357. The highest BCUT2D eigenvalue weighted by molar-refractivity contribution is 7.89. The highest BCUT2D eigenvalue weighted by Crippen LogP contribution is 2.22. The molecule has 1 N–H and O–H groups in total. The van der Waals surface area contributed by atoms with Gasteiger partial charge in [-0.1, -0.05) is 18.2 Å². The van der Waals surface area contributed by atoms with E-state index in [2.05, 4.69) is 9.82 Å². The summed E-state index contributed by atoms with van der Waals surface area (Å²) in [6, 6.07) is 9.34. The van der Waals surface area contributed by atoms with E-state index in [9.17, 15) is 8.42 Å². The highest BCUT2D eigenvalue weighted by Gasteiger charge is 2.25. The van der Waals surface area contributed by atoms with Crippen molar-refractivity contribution in [1.29, 1.82) is 0 Å². The molecule has 1 heterocycles. The first-order valence-electron chi connectivity index (χ1n) is 6.47. The zero-order valence-corrected chi connectivity index (χ0v) is 12.9. The van der Waals surface area contributed by atoms with Gasteiger partial charge in [-0.05, 0) is 39.8 Å². The third kappa shape index (κ3) is 2.76. The monoisotopic (exact) mass is 293 g/mol. The second-order valence-electron chi connectivity index (χ2n) is 5.02. The highest BCUT2D eigenvalue weighted by atomic mass is 32.2. The molecule has 0 unspecified atom stereocenters. The largest absolute Gasteiger partial charge is 0.244 e. The molecule has 0 spiro atoms. The molecule has 0 amide bonds. The Kier molecular flexibility index (Phi) is 3.96. The van der Waals surface area contributed by atoms with Gasteiger partial charge in [0.2, 0.25) is 10.0 Å².